The van der Waals surface area contributed by atoms with E-state index in [1.807, 2.05) is 29.6 Å². The Balaban J connectivity index is 1.42. The van der Waals surface area contributed by atoms with Crippen LogP contribution in [0.25, 0.3) is 22.6 Å². The van der Waals surface area contributed by atoms with Crippen molar-refractivity contribution < 1.29 is 23.6 Å². The largest absolute Gasteiger partial charge is 0.487 e. The van der Waals surface area contributed by atoms with Crippen LogP contribution in [0.5, 0.6) is 5.06 Å². The van der Waals surface area contributed by atoms with Gasteiger partial charge in [-0.3, -0.25) is 9.69 Å². The highest BCUT2D eigenvalue weighted by molar-refractivity contribution is 7.12. The first-order valence-electron chi connectivity index (χ1n) is 10.5. The minimum Gasteiger partial charge on any atom is -0.487 e. The zero-order chi connectivity index (χ0) is 22.2. The first kappa shape index (κ1) is 20.6. The standard InChI is InChI=1S/C23H23N3O5S/c1-13(27)24-10-17-11-26(23(28)30-17)16-6-7-18-14(8-16)4-3-5-19-21(25-31-22(18)19)15-9-20(29-2)32-12-15/h6-9,12,17H,3-5,10-11H2,1-2H3,(H,24,27). The SMILES string of the molecule is COc1cc(-c2noc3c2CCCc2cc(N4CC(CNC(C)=O)OC4=O)ccc2-3)cs1. The van der Waals surface area contributed by atoms with Crippen LogP contribution in [-0.2, 0) is 22.4 Å². The predicted molar refractivity (Wildman–Crippen MR) is 120 cm³/mol. The molecule has 5 rings (SSSR count). The van der Waals surface area contributed by atoms with Crippen LogP contribution >= 0.6 is 11.3 Å². The molecule has 3 aromatic rings. The summed E-state index contributed by atoms with van der Waals surface area (Å²) in [5.74, 6) is 0.643. The molecule has 1 unspecified atom stereocenters. The number of carbonyl (C=O) groups is 2. The minimum absolute atomic E-state index is 0.146. The van der Waals surface area contributed by atoms with E-state index in [2.05, 4.69) is 10.5 Å². The Hall–Kier alpha value is -3.33. The van der Waals surface area contributed by atoms with Crippen LogP contribution in [0.2, 0.25) is 0 Å². The summed E-state index contributed by atoms with van der Waals surface area (Å²) in [6, 6.07) is 7.91. The summed E-state index contributed by atoms with van der Waals surface area (Å²) < 4.78 is 16.5. The third-order valence-corrected chi connectivity index (χ3v) is 6.70. The van der Waals surface area contributed by atoms with Gasteiger partial charge in [-0.25, -0.2) is 4.79 Å². The quantitative estimate of drug-likeness (QED) is 0.627. The molecule has 2 aromatic heterocycles. The lowest BCUT2D eigenvalue weighted by Gasteiger charge is -2.15. The Morgan fingerprint density at radius 3 is 3.00 bits per heavy atom. The van der Waals surface area contributed by atoms with E-state index < -0.39 is 6.09 Å². The van der Waals surface area contributed by atoms with Gasteiger partial charge in [0, 0.05) is 40.7 Å². The number of ether oxygens (including phenoxy) is 2. The highest BCUT2D eigenvalue weighted by atomic mass is 32.1. The average Bonchev–Trinajstić information content (AvgIpc) is 3.48. The van der Waals surface area contributed by atoms with Gasteiger partial charge in [0.25, 0.3) is 0 Å². The zero-order valence-corrected chi connectivity index (χ0v) is 18.7. The number of methoxy groups -OCH3 is 1. The second kappa shape index (κ2) is 8.31. The maximum absolute atomic E-state index is 12.4. The van der Waals surface area contributed by atoms with Crippen molar-refractivity contribution in [2.75, 3.05) is 25.1 Å². The molecule has 1 aliphatic carbocycles. The summed E-state index contributed by atoms with van der Waals surface area (Å²) in [6.07, 6.45) is 1.92. The molecule has 0 bridgehead atoms. The molecule has 1 N–H and O–H groups in total. The van der Waals surface area contributed by atoms with Crippen molar-refractivity contribution in [2.24, 2.45) is 0 Å². The van der Waals surface area contributed by atoms with E-state index in [0.717, 1.165) is 63.7 Å². The first-order chi connectivity index (χ1) is 15.5. The lowest BCUT2D eigenvalue weighted by Crippen LogP contribution is -2.33. The van der Waals surface area contributed by atoms with Crippen molar-refractivity contribution in [3.63, 3.8) is 0 Å². The lowest BCUT2D eigenvalue weighted by molar-refractivity contribution is -0.119. The number of fused-ring (bicyclic) bond motifs is 3. The Kier molecular flexibility index (Phi) is 5.34. The van der Waals surface area contributed by atoms with Gasteiger partial charge in [0.05, 0.1) is 20.2 Å². The highest BCUT2D eigenvalue weighted by Gasteiger charge is 2.33. The second-order valence-electron chi connectivity index (χ2n) is 7.95. The number of cyclic esters (lactones) is 1. The summed E-state index contributed by atoms with van der Waals surface area (Å²) in [4.78, 5) is 25.2. The average molecular weight is 454 g/mol. The van der Waals surface area contributed by atoms with E-state index >= 15 is 0 Å². The lowest BCUT2D eigenvalue weighted by atomic mass is 10.0. The van der Waals surface area contributed by atoms with Gasteiger partial charge < -0.3 is 19.3 Å². The predicted octanol–water partition coefficient (Wildman–Crippen LogP) is 4.03. The number of anilines is 1. The Morgan fingerprint density at radius 1 is 1.34 bits per heavy atom. The fraction of sp³-hybridized carbons (Fsp3) is 0.348. The topological polar surface area (TPSA) is 93.9 Å². The van der Waals surface area contributed by atoms with Crippen molar-refractivity contribution in [1.29, 1.82) is 0 Å². The monoisotopic (exact) mass is 453 g/mol. The molecule has 3 heterocycles. The van der Waals surface area contributed by atoms with Gasteiger partial charge in [-0.1, -0.05) is 5.16 Å². The normalized spacial score (nSPS) is 17.4. The third kappa shape index (κ3) is 3.73. The molecular weight excluding hydrogens is 430 g/mol. The van der Waals surface area contributed by atoms with E-state index in [9.17, 15) is 9.59 Å². The number of rotatable bonds is 5. The van der Waals surface area contributed by atoms with Gasteiger partial charge in [0.2, 0.25) is 5.91 Å². The van der Waals surface area contributed by atoms with Gasteiger partial charge in [0.1, 0.15) is 11.8 Å². The number of aryl methyl sites for hydroxylation is 1. The minimum atomic E-state index is -0.400. The summed E-state index contributed by atoms with van der Waals surface area (Å²) >= 11 is 1.53. The number of nitrogens with zero attached hydrogens (tertiary/aromatic N) is 2. The molecule has 0 spiro atoms. The van der Waals surface area contributed by atoms with Gasteiger partial charge in [-0.05, 0) is 43.0 Å². The fourth-order valence-corrected chi connectivity index (χ4v) is 4.97. The van der Waals surface area contributed by atoms with E-state index in [1.165, 1.54) is 18.3 Å². The molecule has 0 saturated carbocycles. The maximum atomic E-state index is 12.4. The molecule has 2 amide bonds. The number of carbonyl (C=O) groups excluding carboxylic acids is 2. The Labute approximate surface area is 189 Å². The van der Waals surface area contributed by atoms with Crippen LogP contribution in [0, 0.1) is 0 Å². The number of thiophene rings is 1. The first-order valence-corrected chi connectivity index (χ1v) is 11.4. The molecule has 1 saturated heterocycles. The molecule has 0 radical (unpaired) electrons. The van der Waals surface area contributed by atoms with E-state index in [4.69, 9.17) is 14.0 Å². The maximum Gasteiger partial charge on any atom is 0.414 e. The van der Waals surface area contributed by atoms with Gasteiger partial charge >= 0.3 is 6.09 Å². The van der Waals surface area contributed by atoms with Crippen LogP contribution in [0.15, 0.2) is 34.2 Å². The van der Waals surface area contributed by atoms with Crippen LogP contribution in [0.3, 0.4) is 0 Å². The fourth-order valence-electron chi connectivity index (χ4n) is 4.26. The molecular formula is C23H23N3O5S. The summed E-state index contributed by atoms with van der Waals surface area (Å²) in [5.41, 5.74) is 5.87. The Morgan fingerprint density at radius 2 is 2.22 bits per heavy atom. The summed E-state index contributed by atoms with van der Waals surface area (Å²) in [6.45, 7) is 2.15. The summed E-state index contributed by atoms with van der Waals surface area (Å²) in [5, 5.41) is 9.94. The Bertz CT molecular complexity index is 1180. The van der Waals surface area contributed by atoms with Gasteiger partial charge in [-0.2, -0.15) is 0 Å². The molecule has 9 heteroatoms. The van der Waals surface area contributed by atoms with Crippen molar-refractivity contribution in [3.05, 3.63) is 40.8 Å². The molecule has 1 atom stereocenters. The number of hydrogen-bond acceptors (Lipinski definition) is 7. The van der Waals surface area contributed by atoms with Crippen molar-refractivity contribution in [2.45, 2.75) is 32.3 Å². The molecule has 1 aromatic carbocycles. The number of hydrogen-bond donors (Lipinski definition) is 1. The third-order valence-electron chi connectivity index (χ3n) is 5.81. The van der Waals surface area contributed by atoms with Crippen LogP contribution in [0.4, 0.5) is 10.5 Å². The molecule has 1 aliphatic heterocycles. The molecule has 2 aliphatic rings. The van der Waals surface area contributed by atoms with Crippen LogP contribution in [0.1, 0.15) is 24.5 Å². The number of amides is 2. The number of benzene rings is 1. The van der Waals surface area contributed by atoms with Crippen molar-refractivity contribution in [1.82, 2.24) is 10.5 Å². The smallest absolute Gasteiger partial charge is 0.414 e. The van der Waals surface area contributed by atoms with Gasteiger partial charge in [0.15, 0.2) is 10.8 Å². The van der Waals surface area contributed by atoms with E-state index in [-0.39, 0.29) is 12.0 Å². The number of aromatic nitrogens is 1. The van der Waals surface area contributed by atoms with E-state index in [1.54, 1.807) is 12.0 Å². The highest BCUT2D eigenvalue weighted by Crippen LogP contribution is 2.41. The van der Waals surface area contributed by atoms with Crippen molar-refractivity contribution in [3.8, 4) is 27.6 Å². The van der Waals surface area contributed by atoms with E-state index in [0.29, 0.717) is 13.1 Å². The zero-order valence-electron chi connectivity index (χ0n) is 17.8. The molecule has 32 heavy (non-hydrogen) atoms. The second-order valence-corrected chi connectivity index (χ2v) is 8.82. The molecule has 1 fully saturated rings. The molecule has 166 valence electrons. The van der Waals surface area contributed by atoms with Crippen LogP contribution < -0.4 is 15.0 Å². The van der Waals surface area contributed by atoms with Crippen LogP contribution in [-0.4, -0.2) is 43.5 Å². The van der Waals surface area contributed by atoms with Crippen molar-refractivity contribution >= 4 is 29.0 Å². The summed E-state index contributed by atoms with van der Waals surface area (Å²) in [7, 11) is 1.66. The van der Waals surface area contributed by atoms with Gasteiger partial charge in [-0.15, -0.1) is 11.3 Å². The number of nitrogens with one attached hydrogen (secondary N) is 1. The molecule has 8 nitrogen and oxygen atoms in total.